The summed E-state index contributed by atoms with van der Waals surface area (Å²) in [5.74, 6) is -0.874. The van der Waals surface area contributed by atoms with Gasteiger partial charge in [-0.3, -0.25) is 4.79 Å². The number of anilines is 1. The maximum atomic E-state index is 11.8. The van der Waals surface area contributed by atoms with Gasteiger partial charge in [-0.2, -0.15) is 0 Å². The molecule has 1 N–H and O–H groups in total. The van der Waals surface area contributed by atoms with Crippen molar-refractivity contribution in [2.75, 3.05) is 5.32 Å². The molecule has 0 fully saturated rings. The lowest BCUT2D eigenvalue weighted by molar-refractivity contribution is -0.148. The largest absolute Gasteiger partial charge is 0.449 e. The lowest BCUT2D eigenvalue weighted by Gasteiger charge is -2.12. The smallest absolute Gasteiger partial charge is 0.331 e. The highest BCUT2D eigenvalue weighted by Crippen LogP contribution is 2.14. The van der Waals surface area contributed by atoms with Gasteiger partial charge in [0.25, 0.3) is 5.91 Å². The Bertz CT molecular complexity index is 468. The minimum Gasteiger partial charge on any atom is -0.449 e. The molecule has 0 aliphatic rings. The minimum absolute atomic E-state index is 0.361. The van der Waals surface area contributed by atoms with Crippen molar-refractivity contribution >= 4 is 33.5 Å². The number of carbonyl (C=O) groups excluding carboxylic acids is 2. The molecule has 0 aromatic heterocycles. The van der Waals surface area contributed by atoms with Gasteiger partial charge in [-0.15, -0.1) is 0 Å². The summed E-state index contributed by atoms with van der Waals surface area (Å²) in [6.07, 6.45) is 2.91. The SMILES string of the molecule is CC/C=C/C(=O)O[C@@H](C)C(=O)Nc1ccc(Br)cc1. The molecule has 0 saturated heterocycles. The Morgan fingerprint density at radius 3 is 2.58 bits per heavy atom. The molecule has 19 heavy (non-hydrogen) atoms. The van der Waals surface area contributed by atoms with Crippen LogP contribution in [0.5, 0.6) is 0 Å². The molecule has 5 heteroatoms. The number of carbonyl (C=O) groups is 2. The van der Waals surface area contributed by atoms with Crippen LogP contribution in [0.4, 0.5) is 5.69 Å². The van der Waals surface area contributed by atoms with E-state index in [1.54, 1.807) is 18.2 Å². The van der Waals surface area contributed by atoms with Gasteiger partial charge in [-0.1, -0.05) is 28.9 Å². The second-order valence-corrected chi connectivity index (χ2v) is 4.80. The van der Waals surface area contributed by atoms with Gasteiger partial charge in [0, 0.05) is 16.2 Å². The van der Waals surface area contributed by atoms with Gasteiger partial charge in [0.1, 0.15) is 0 Å². The quantitative estimate of drug-likeness (QED) is 0.667. The monoisotopic (exact) mass is 325 g/mol. The Balaban J connectivity index is 2.51. The molecule has 0 aliphatic heterocycles. The van der Waals surface area contributed by atoms with Crippen molar-refractivity contribution in [1.82, 2.24) is 0 Å². The zero-order valence-electron chi connectivity index (χ0n) is 10.9. The van der Waals surface area contributed by atoms with E-state index >= 15 is 0 Å². The molecule has 4 nitrogen and oxygen atoms in total. The molecule has 0 spiro atoms. The van der Waals surface area contributed by atoms with Crippen LogP contribution in [0.2, 0.25) is 0 Å². The molecule has 102 valence electrons. The Kier molecular flexibility index (Phi) is 6.29. The first-order valence-corrected chi connectivity index (χ1v) is 6.75. The summed E-state index contributed by atoms with van der Waals surface area (Å²) in [5, 5.41) is 2.67. The second kappa shape index (κ2) is 7.74. The van der Waals surface area contributed by atoms with Crippen molar-refractivity contribution in [1.29, 1.82) is 0 Å². The lowest BCUT2D eigenvalue weighted by Crippen LogP contribution is -2.29. The van der Waals surface area contributed by atoms with Crippen molar-refractivity contribution in [3.63, 3.8) is 0 Å². The molecule has 0 unspecified atom stereocenters. The van der Waals surface area contributed by atoms with Gasteiger partial charge in [-0.25, -0.2) is 4.79 Å². The number of allylic oxidation sites excluding steroid dienone is 1. The first kappa shape index (κ1) is 15.4. The summed E-state index contributed by atoms with van der Waals surface area (Å²) in [7, 11) is 0. The second-order valence-electron chi connectivity index (χ2n) is 3.89. The van der Waals surface area contributed by atoms with Crippen molar-refractivity contribution < 1.29 is 14.3 Å². The van der Waals surface area contributed by atoms with E-state index in [0.29, 0.717) is 5.69 Å². The Labute approximate surface area is 121 Å². The summed E-state index contributed by atoms with van der Waals surface area (Å²) in [6.45, 7) is 3.44. The van der Waals surface area contributed by atoms with E-state index < -0.39 is 12.1 Å². The number of benzene rings is 1. The average molecular weight is 326 g/mol. The van der Waals surface area contributed by atoms with Crippen LogP contribution < -0.4 is 5.32 Å². The minimum atomic E-state index is -0.836. The van der Waals surface area contributed by atoms with E-state index in [9.17, 15) is 9.59 Å². The predicted octanol–water partition coefficient (Wildman–Crippen LogP) is 3.29. The molecular formula is C14H16BrNO3. The number of nitrogens with one attached hydrogen (secondary N) is 1. The first-order chi connectivity index (χ1) is 9.02. The Hall–Kier alpha value is -1.62. The summed E-state index contributed by atoms with van der Waals surface area (Å²) in [4.78, 5) is 23.1. The van der Waals surface area contributed by atoms with E-state index in [4.69, 9.17) is 4.74 Å². The zero-order chi connectivity index (χ0) is 14.3. The highest BCUT2D eigenvalue weighted by atomic mass is 79.9. The number of hydrogen-bond acceptors (Lipinski definition) is 3. The first-order valence-electron chi connectivity index (χ1n) is 5.96. The third-order valence-electron chi connectivity index (χ3n) is 2.26. The zero-order valence-corrected chi connectivity index (χ0v) is 12.4. The highest BCUT2D eigenvalue weighted by molar-refractivity contribution is 9.10. The molecule has 1 amide bonds. The van der Waals surface area contributed by atoms with Crippen LogP contribution in [0.1, 0.15) is 20.3 Å². The van der Waals surface area contributed by atoms with Gasteiger partial charge in [0.15, 0.2) is 6.10 Å². The van der Waals surface area contributed by atoms with Gasteiger partial charge < -0.3 is 10.1 Å². The maximum Gasteiger partial charge on any atom is 0.331 e. The standard InChI is InChI=1S/C14H16BrNO3/c1-3-4-5-13(17)19-10(2)14(18)16-12-8-6-11(15)7-9-12/h4-10H,3H2,1-2H3,(H,16,18)/b5-4+/t10-/m0/s1. The molecule has 0 heterocycles. The third-order valence-corrected chi connectivity index (χ3v) is 2.79. The molecule has 1 rings (SSSR count). The van der Waals surface area contributed by atoms with E-state index in [2.05, 4.69) is 21.2 Å². The third kappa shape index (κ3) is 5.70. The van der Waals surface area contributed by atoms with Crippen LogP contribution in [-0.2, 0) is 14.3 Å². The van der Waals surface area contributed by atoms with Crippen LogP contribution >= 0.6 is 15.9 Å². The molecular weight excluding hydrogens is 310 g/mol. The van der Waals surface area contributed by atoms with E-state index in [1.807, 2.05) is 19.1 Å². The van der Waals surface area contributed by atoms with Crippen LogP contribution in [-0.4, -0.2) is 18.0 Å². The van der Waals surface area contributed by atoms with Crippen molar-refractivity contribution in [3.05, 3.63) is 40.9 Å². The summed E-state index contributed by atoms with van der Waals surface area (Å²) >= 11 is 3.31. The van der Waals surface area contributed by atoms with Gasteiger partial charge in [0.2, 0.25) is 0 Å². The van der Waals surface area contributed by atoms with E-state index in [1.165, 1.54) is 13.0 Å². The maximum absolute atomic E-state index is 11.8. The number of halogens is 1. The number of ether oxygens (including phenoxy) is 1. The fraction of sp³-hybridized carbons (Fsp3) is 0.286. The fourth-order valence-corrected chi connectivity index (χ4v) is 1.52. The predicted molar refractivity (Wildman–Crippen MR) is 77.8 cm³/mol. The normalized spacial score (nSPS) is 12.2. The molecule has 0 bridgehead atoms. The van der Waals surface area contributed by atoms with Crippen molar-refractivity contribution in [2.24, 2.45) is 0 Å². The van der Waals surface area contributed by atoms with Gasteiger partial charge >= 0.3 is 5.97 Å². The van der Waals surface area contributed by atoms with Gasteiger partial charge in [-0.05, 0) is 37.6 Å². The molecule has 1 aromatic rings. The summed E-state index contributed by atoms with van der Waals surface area (Å²) < 4.78 is 5.89. The van der Waals surface area contributed by atoms with Crippen LogP contribution in [0.25, 0.3) is 0 Å². The molecule has 0 aliphatic carbocycles. The fourth-order valence-electron chi connectivity index (χ4n) is 1.26. The summed E-state index contributed by atoms with van der Waals surface area (Å²) in [6, 6.07) is 7.15. The highest BCUT2D eigenvalue weighted by Gasteiger charge is 2.16. The Morgan fingerprint density at radius 1 is 1.37 bits per heavy atom. The number of esters is 1. The molecule has 0 saturated carbocycles. The number of rotatable bonds is 5. The lowest BCUT2D eigenvalue weighted by atomic mass is 10.3. The molecule has 1 atom stereocenters. The topological polar surface area (TPSA) is 55.4 Å². The van der Waals surface area contributed by atoms with Crippen LogP contribution in [0.15, 0.2) is 40.9 Å². The summed E-state index contributed by atoms with van der Waals surface area (Å²) in [5.41, 5.74) is 0.653. The van der Waals surface area contributed by atoms with Crippen LogP contribution in [0.3, 0.4) is 0 Å². The van der Waals surface area contributed by atoms with Crippen molar-refractivity contribution in [3.8, 4) is 0 Å². The van der Waals surface area contributed by atoms with Gasteiger partial charge in [0.05, 0.1) is 0 Å². The Morgan fingerprint density at radius 2 is 2.00 bits per heavy atom. The van der Waals surface area contributed by atoms with E-state index in [0.717, 1.165) is 10.9 Å². The van der Waals surface area contributed by atoms with Crippen LogP contribution in [0, 0.1) is 0 Å². The van der Waals surface area contributed by atoms with Crippen molar-refractivity contribution in [2.45, 2.75) is 26.4 Å². The number of hydrogen-bond donors (Lipinski definition) is 1. The van der Waals surface area contributed by atoms with E-state index in [-0.39, 0.29) is 5.91 Å². The number of amides is 1. The molecule has 0 radical (unpaired) electrons. The molecule has 1 aromatic carbocycles. The average Bonchev–Trinajstić information content (AvgIpc) is 2.39.